The molecule has 0 saturated carbocycles. The number of nitrogen functional groups attached to an aromatic ring is 1. The Bertz CT molecular complexity index is 1700. The van der Waals surface area contributed by atoms with Crippen molar-refractivity contribution in [3.63, 3.8) is 0 Å². The number of aromatic amines is 1. The Labute approximate surface area is 246 Å². The van der Waals surface area contributed by atoms with Gasteiger partial charge in [-0.3, -0.25) is 23.5 Å². The molecule has 3 saturated heterocycles. The predicted octanol–water partition coefficient (Wildman–Crippen LogP) is -0.784. The lowest BCUT2D eigenvalue weighted by atomic mass is 10.1. The van der Waals surface area contributed by atoms with Gasteiger partial charge >= 0.3 is 5.69 Å². The van der Waals surface area contributed by atoms with Crippen molar-refractivity contribution >= 4 is 54.6 Å². The Morgan fingerprint density at radius 1 is 1.14 bits per heavy atom. The third-order valence-electron chi connectivity index (χ3n) is 6.82. The molecule has 9 atom stereocenters. The molecule has 6 rings (SSSR count). The van der Waals surface area contributed by atoms with Crippen LogP contribution in [0.1, 0.15) is 18.9 Å². The van der Waals surface area contributed by atoms with Gasteiger partial charge in [0, 0.05) is 25.8 Å². The number of ether oxygens (including phenoxy) is 3. The molecule has 18 nitrogen and oxygen atoms in total. The fourth-order valence-corrected chi connectivity index (χ4v) is 7.86. The normalized spacial score (nSPS) is 37.5. The monoisotopic (exact) mass is 663 g/mol. The number of rotatable bonds is 3. The van der Waals surface area contributed by atoms with E-state index < -0.39 is 74.3 Å². The number of aromatic nitrogens is 6. The van der Waals surface area contributed by atoms with Crippen molar-refractivity contribution < 1.29 is 41.8 Å². The summed E-state index contributed by atoms with van der Waals surface area (Å²) in [6.07, 6.45) is -3.57. The molecule has 0 aliphatic carbocycles. The van der Waals surface area contributed by atoms with Crippen LogP contribution in [0.5, 0.6) is 0 Å². The molecule has 6 heterocycles. The van der Waals surface area contributed by atoms with Gasteiger partial charge in [0.15, 0.2) is 23.9 Å². The zero-order chi connectivity index (χ0) is 29.8. The van der Waals surface area contributed by atoms with Crippen LogP contribution in [0, 0.1) is 0 Å². The zero-order valence-corrected chi connectivity index (χ0v) is 24.9. The largest absolute Gasteiger partial charge is 0.780 e. The number of H-pyrrole nitrogens is 1. The van der Waals surface area contributed by atoms with Crippen LogP contribution in [0.4, 0.5) is 5.82 Å². The highest BCUT2D eigenvalue weighted by molar-refractivity contribution is 8.32. The molecule has 3 fully saturated rings. The number of hydrogen-bond acceptors (Lipinski definition) is 17. The Kier molecular flexibility index (Phi) is 8.18. The van der Waals surface area contributed by atoms with Gasteiger partial charge in [-0.1, -0.05) is 11.8 Å². The van der Waals surface area contributed by atoms with Crippen LogP contribution in [0.2, 0.25) is 0 Å². The maximum absolute atomic E-state index is 13.4. The fraction of sp³-hybridized carbons (Fsp3) is 0.550. The highest BCUT2D eigenvalue weighted by Crippen LogP contribution is 2.53. The standard InChI is InChI=1S/C20H25N7O11P2S2/c1-32-14-11-6-34-39(30,41)37-10-4-9(35-18(10)27-8-24-13-16(21)22-7-23-17(13)27)5-33-40(31,42)38-15(14)19(36-11)26-3-2-12(28)25-20(26)29/h2-3,7-11,14-15,18-19H,4-6H2,1H3,(H,30,41)(H,31,42)(H2,21,22,23)(H,25,28,29)/p-2/t9-,10+,11+,14+,15+,18+,19+,39?,40?/m0/s1. The van der Waals surface area contributed by atoms with Crippen molar-refractivity contribution in [3.05, 3.63) is 45.8 Å². The van der Waals surface area contributed by atoms with Crippen LogP contribution in [-0.4, -0.2) is 79.9 Å². The molecule has 0 radical (unpaired) electrons. The van der Waals surface area contributed by atoms with Crippen molar-refractivity contribution in [1.82, 2.24) is 29.1 Å². The van der Waals surface area contributed by atoms with Crippen molar-refractivity contribution in [3.8, 4) is 0 Å². The van der Waals surface area contributed by atoms with E-state index in [0.29, 0.717) is 11.2 Å². The van der Waals surface area contributed by atoms with Crippen LogP contribution in [0.25, 0.3) is 11.2 Å². The van der Waals surface area contributed by atoms with E-state index in [-0.39, 0.29) is 18.8 Å². The lowest BCUT2D eigenvalue weighted by Crippen LogP contribution is -2.40. The molecule has 22 heteroatoms. The van der Waals surface area contributed by atoms with Gasteiger partial charge < -0.3 is 55.2 Å². The van der Waals surface area contributed by atoms with Crippen LogP contribution < -0.4 is 21.9 Å². The lowest BCUT2D eigenvalue weighted by molar-refractivity contribution is -0.216. The average molecular weight is 664 g/mol. The van der Waals surface area contributed by atoms with Gasteiger partial charge in [-0.2, -0.15) is 0 Å². The summed E-state index contributed by atoms with van der Waals surface area (Å²) >= 11 is 10.4. The number of nitrogens with zero attached hydrogens (tertiary/aromatic N) is 5. The van der Waals surface area contributed by atoms with Gasteiger partial charge in [0.1, 0.15) is 43.0 Å². The molecule has 3 aliphatic heterocycles. The first-order chi connectivity index (χ1) is 19.9. The van der Waals surface area contributed by atoms with Crippen molar-refractivity contribution in [2.75, 3.05) is 26.1 Å². The number of hydrogen-bond donors (Lipinski definition) is 2. The average Bonchev–Trinajstić information content (AvgIpc) is 3.61. The van der Waals surface area contributed by atoms with Crippen LogP contribution in [0.3, 0.4) is 0 Å². The van der Waals surface area contributed by atoms with Gasteiger partial charge in [0.05, 0.1) is 25.6 Å². The number of imidazole rings is 1. The Morgan fingerprint density at radius 3 is 2.71 bits per heavy atom. The third kappa shape index (κ3) is 5.87. The SMILES string of the molecule is CO[C@H]1[C@H]2OP(=O)([S-])OC[C@@H]3C[C@@H](OP([O-])(=S)OC[C@H]1O[C@H]2n1ccc(=O)[nH]c1=O)[C@H](n1cnc2c(N)ncnc21)O3. The van der Waals surface area contributed by atoms with Gasteiger partial charge in [-0.15, -0.1) is 0 Å². The Hall–Kier alpha value is -2.06. The van der Waals surface area contributed by atoms with E-state index in [2.05, 4.69) is 19.9 Å². The molecule has 0 amide bonds. The Balaban J connectivity index is 1.33. The maximum Gasteiger partial charge on any atom is 0.330 e. The van der Waals surface area contributed by atoms with Crippen LogP contribution in [-0.2, 0) is 60.9 Å². The quantitative estimate of drug-likeness (QED) is 0.258. The van der Waals surface area contributed by atoms with Gasteiger partial charge in [-0.25, -0.2) is 19.7 Å². The highest BCUT2D eigenvalue weighted by Gasteiger charge is 2.50. The number of nitrogens with one attached hydrogen (secondary N) is 1. The van der Waals surface area contributed by atoms with Gasteiger partial charge in [0.2, 0.25) is 6.80 Å². The topological polar surface area (TPSA) is 229 Å². The second-order valence-electron chi connectivity index (χ2n) is 9.45. The fourth-order valence-electron chi connectivity index (χ4n) is 5.03. The number of methoxy groups -OCH3 is 1. The minimum Gasteiger partial charge on any atom is -0.780 e. The number of nitrogens with two attached hydrogens (primary N) is 1. The molecular weight excluding hydrogens is 640 g/mol. The third-order valence-corrected chi connectivity index (χ3v) is 9.93. The summed E-state index contributed by atoms with van der Waals surface area (Å²) in [7, 11) is 1.31. The minimum atomic E-state index is -4.28. The molecule has 3 aromatic heterocycles. The minimum absolute atomic E-state index is 0.0731. The second kappa shape index (κ2) is 11.5. The molecule has 42 heavy (non-hydrogen) atoms. The van der Waals surface area contributed by atoms with Gasteiger partial charge in [-0.05, 0) is 0 Å². The first kappa shape index (κ1) is 30.0. The molecule has 2 unspecified atom stereocenters. The van der Waals surface area contributed by atoms with Crippen molar-refractivity contribution in [2.45, 2.75) is 49.4 Å². The first-order valence-electron chi connectivity index (χ1n) is 12.3. The van der Waals surface area contributed by atoms with E-state index in [9.17, 15) is 19.0 Å². The predicted molar refractivity (Wildman–Crippen MR) is 145 cm³/mol. The van der Waals surface area contributed by atoms with Crippen LogP contribution in [0.15, 0.2) is 34.5 Å². The molecule has 3 aliphatic rings. The summed E-state index contributed by atoms with van der Waals surface area (Å²) in [6, 6.07) is 1.08. The maximum atomic E-state index is 13.4. The van der Waals surface area contributed by atoms with E-state index in [1.54, 1.807) is 0 Å². The number of fused-ring (bicyclic) bond motifs is 5. The molecule has 0 aromatic carbocycles. The van der Waals surface area contributed by atoms with E-state index in [1.807, 2.05) is 0 Å². The molecular formula is C20H23N7O11P2S2-2. The summed E-state index contributed by atoms with van der Waals surface area (Å²) in [5.41, 5.74) is 5.03. The molecule has 3 N–H and O–H groups in total. The molecule has 0 spiro atoms. The summed E-state index contributed by atoms with van der Waals surface area (Å²) in [5.74, 6) is 0.138. The first-order valence-corrected chi connectivity index (χ1v) is 17.4. The summed E-state index contributed by atoms with van der Waals surface area (Å²) in [4.78, 5) is 52.0. The van der Waals surface area contributed by atoms with E-state index in [1.165, 1.54) is 24.3 Å². The van der Waals surface area contributed by atoms with Crippen molar-refractivity contribution in [2.24, 2.45) is 0 Å². The Morgan fingerprint density at radius 2 is 1.95 bits per heavy atom. The highest BCUT2D eigenvalue weighted by atomic mass is 32.7. The summed E-state index contributed by atoms with van der Waals surface area (Å²) < 4.78 is 56.0. The molecule has 4 bridgehead atoms. The van der Waals surface area contributed by atoms with E-state index >= 15 is 0 Å². The molecule has 3 aromatic rings. The second-order valence-corrected chi connectivity index (χ2v) is 14.9. The number of anilines is 1. The zero-order valence-electron chi connectivity index (χ0n) is 21.5. The summed E-state index contributed by atoms with van der Waals surface area (Å²) in [5, 5.41) is 0. The molecule has 228 valence electrons. The van der Waals surface area contributed by atoms with E-state index in [0.717, 1.165) is 16.8 Å². The van der Waals surface area contributed by atoms with E-state index in [4.69, 9.17) is 62.1 Å². The van der Waals surface area contributed by atoms with Crippen LogP contribution >= 0.6 is 13.5 Å². The summed E-state index contributed by atoms with van der Waals surface area (Å²) in [6.45, 7) is -9.28. The lowest BCUT2D eigenvalue weighted by Gasteiger charge is -2.34. The smallest absolute Gasteiger partial charge is 0.330 e. The van der Waals surface area contributed by atoms with Gasteiger partial charge in [0.25, 0.3) is 5.56 Å². The van der Waals surface area contributed by atoms with Crippen molar-refractivity contribution in [1.29, 1.82) is 0 Å².